The van der Waals surface area contributed by atoms with Gasteiger partial charge in [0.1, 0.15) is 24.7 Å². The molecule has 1 saturated heterocycles. The molecule has 72 heavy (non-hydrogen) atoms. The number of likely N-dealkylation sites (tertiary alicyclic amines) is 1. The summed E-state index contributed by atoms with van der Waals surface area (Å²) in [6.45, 7) is 15.9. The molecule has 0 aromatic rings. The van der Waals surface area contributed by atoms with Gasteiger partial charge in [0.15, 0.2) is 0 Å². The van der Waals surface area contributed by atoms with Gasteiger partial charge in [0.2, 0.25) is 5.91 Å². The van der Waals surface area contributed by atoms with Crippen LogP contribution in [-0.4, -0.2) is 99.4 Å². The van der Waals surface area contributed by atoms with Gasteiger partial charge in [0, 0.05) is 32.5 Å². The molecule has 0 saturated carbocycles. The van der Waals surface area contributed by atoms with Gasteiger partial charge in [0.05, 0.1) is 18.6 Å². The van der Waals surface area contributed by atoms with E-state index in [1.807, 2.05) is 13.8 Å². The van der Waals surface area contributed by atoms with Crippen molar-refractivity contribution in [1.82, 2.24) is 15.5 Å². The fourth-order valence-corrected chi connectivity index (χ4v) is 10.0. The smallest absolute Gasteiger partial charge is 0.323 e. The number of esters is 4. The summed E-state index contributed by atoms with van der Waals surface area (Å²) in [5, 5.41) is 5.67. The number of likely N-dealkylation sites (N-methyl/N-ethyl adjacent to an activating group) is 1. The van der Waals surface area contributed by atoms with Gasteiger partial charge < -0.3 is 29.6 Å². The van der Waals surface area contributed by atoms with E-state index in [2.05, 4.69) is 43.2 Å². The Balaban J connectivity index is 2.57. The number of rotatable bonds is 50. The third-order valence-electron chi connectivity index (χ3n) is 14.7. The molecule has 0 aromatic heterocycles. The molecule has 12 heteroatoms. The van der Waals surface area contributed by atoms with Crippen molar-refractivity contribution in [2.24, 2.45) is 11.3 Å². The van der Waals surface area contributed by atoms with Crippen LogP contribution in [-0.2, 0) is 42.9 Å². The van der Waals surface area contributed by atoms with Crippen molar-refractivity contribution in [2.45, 2.75) is 297 Å². The number of nitrogens with zero attached hydrogens (tertiary/aromatic N) is 1. The van der Waals surface area contributed by atoms with Gasteiger partial charge in [-0.3, -0.25) is 28.9 Å². The lowest BCUT2D eigenvalue weighted by molar-refractivity contribution is -0.155. The first kappa shape index (κ1) is 67.3. The molecule has 0 aliphatic carbocycles. The molecule has 12 nitrogen and oxygen atoms in total. The zero-order valence-corrected chi connectivity index (χ0v) is 47.8. The Hall–Kier alpha value is -2.73. The predicted octanol–water partition coefficient (Wildman–Crippen LogP) is 14.1. The highest BCUT2D eigenvalue weighted by Crippen LogP contribution is 2.28. The van der Waals surface area contributed by atoms with Crippen LogP contribution in [0.1, 0.15) is 279 Å². The molecule has 1 heterocycles. The minimum absolute atomic E-state index is 0.0432. The Kier molecular flexibility index (Phi) is 42.7. The molecular formula is C60H113N3O9. The summed E-state index contributed by atoms with van der Waals surface area (Å²) in [5.41, 5.74) is -0.538. The lowest BCUT2D eigenvalue weighted by Gasteiger charge is -2.24. The van der Waals surface area contributed by atoms with Crippen LogP contribution in [0.15, 0.2) is 0 Å². The zero-order chi connectivity index (χ0) is 52.9. The number of carbonyl (C=O) groups is 5. The molecule has 1 aliphatic heterocycles. The second-order valence-electron chi connectivity index (χ2n) is 22.1. The van der Waals surface area contributed by atoms with Crippen molar-refractivity contribution in [1.29, 1.82) is 0 Å². The van der Waals surface area contributed by atoms with Gasteiger partial charge >= 0.3 is 23.9 Å². The van der Waals surface area contributed by atoms with Crippen molar-refractivity contribution < 1.29 is 42.9 Å². The highest BCUT2D eigenvalue weighted by Gasteiger charge is 2.39. The second kappa shape index (κ2) is 45.6. The third-order valence-corrected chi connectivity index (χ3v) is 14.7. The number of nitrogens with one attached hydrogen (secondary N) is 2. The van der Waals surface area contributed by atoms with Crippen LogP contribution < -0.4 is 10.6 Å². The maximum absolute atomic E-state index is 13.5. The van der Waals surface area contributed by atoms with E-state index in [1.54, 1.807) is 7.05 Å². The fourth-order valence-electron chi connectivity index (χ4n) is 10.0. The molecule has 0 bridgehead atoms. The Morgan fingerprint density at radius 3 is 1.71 bits per heavy atom. The normalized spacial score (nSPS) is 15.1. The summed E-state index contributed by atoms with van der Waals surface area (Å²) < 4.78 is 23.4. The lowest BCUT2D eigenvalue weighted by Crippen LogP contribution is -2.38. The van der Waals surface area contributed by atoms with E-state index in [-0.39, 0.29) is 36.3 Å². The van der Waals surface area contributed by atoms with E-state index >= 15 is 0 Å². The molecule has 0 aromatic carbocycles. The first-order chi connectivity index (χ1) is 34.9. The highest BCUT2D eigenvalue weighted by atomic mass is 16.6. The average molecular weight is 1020 g/mol. The summed E-state index contributed by atoms with van der Waals surface area (Å²) in [6, 6.07) is -0.527. The number of hydrogen-bond donors (Lipinski definition) is 2. The largest absolute Gasteiger partial charge is 0.465 e. The number of unbranched alkanes of at least 4 members (excludes halogenated alkanes) is 21. The van der Waals surface area contributed by atoms with Crippen LogP contribution in [0.2, 0.25) is 0 Å². The minimum atomic E-state index is -0.597. The van der Waals surface area contributed by atoms with Crippen molar-refractivity contribution >= 4 is 29.8 Å². The first-order valence-electron chi connectivity index (χ1n) is 30.3. The quantitative estimate of drug-likeness (QED) is 0.0259. The van der Waals surface area contributed by atoms with E-state index in [9.17, 15) is 24.0 Å². The Labute approximate surface area is 441 Å². The molecule has 0 radical (unpaired) electrons. The predicted molar refractivity (Wildman–Crippen MR) is 295 cm³/mol. The number of hydrogen-bond acceptors (Lipinski definition) is 11. The number of carbonyl (C=O) groups excluding carboxylic acids is 5. The summed E-state index contributed by atoms with van der Waals surface area (Å²) in [5.74, 6) is -0.726. The molecule has 1 fully saturated rings. The third kappa shape index (κ3) is 36.3. The maximum atomic E-state index is 13.5. The summed E-state index contributed by atoms with van der Waals surface area (Å²) in [7, 11) is 1.79. The number of amides is 1. The molecule has 2 atom stereocenters. The standard InChI is InChI=1S/C60H113N3O9/c1-8-12-16-18-21-29-39-52(40-30-22-19-17-13-9-2)71-56(65)41-31-23-20-26-34-46-69-58(67)54-48-53(72-57(66)49-55(64)62-44-43-61-7)50-63(54)45-33-25-24-32-42-60(5,6)59(68)70-47-35-38-51(36-27-14-10-3)37-28-15-11-4/h51-54,61H,8-50H2,1-7H3,(H,62,64)/t53-,54-/m0/s1. The zero-order valence-electron chi connectivity index (χ0n) is 47.8. The van der Waals surface area contributed by atoms with E-state index in [0.29, 0.717) is 52.2 Å². The van der Waals surface area contributed by atoms with Crippen LogP contribution >= 0.6 is 0 Å². The topological polar surface area (TPSA) is 150 Å². The maximum Gasteiger partial charge on any atom is 0.323 e. The van der Waals surface area contributed by atoms with Crippen LogP contribution in [0.5, 0.6) is 0 Å². The van der Waals surface area contributed by atoms with E-state index in [4.69, 9.17) is 18.9 Å². The molecule has 1 amide bonds. The monoisotopic (exact) mass is 1020 g/mol. The Morgan fingerprint density at radius 1 is 0.569 bits per heavy atom. The van der Waals surface area contributed by atoms with Gasteiger partial charge in [-0.2, -0.15) is 0 Å². The summed E-state index contributed by atoms with van der Waals surface area (Å²) in [4.78, 5) is 66.6. The number of ether oxygens (including phenoxy) is 4. The van der Waals surface area contributed by atoms with Gasteiger partial charge in [0.25, 0.3) is 0 Å². The Bertz CT molecular complexity index is 1340. The van der Waals surface area contributed by atoms with Crippen molar-refractivity contribution in [2.75, 3.05) is 46.4 Å². The van der Waals surface area contributed by atoms with Crippen LogP contribution in [0.3, 0.4) is 0 Å². The molecule has 2 N–H and O–H groups in total. The van der Waals surface area contributed by atoms with Gasteiger partial charge in [-0.25, -0.2) is 0 Å². The van der Waals surface area contributed by atoms with Gasteiger partial charge in [-0.1, -0.05) is 182 Å². The molecule has 1 aliphatic rings. The van der Waals surface area contributed by atoms with Crippen molar-refractivity contribution in [3.05, 3.63) is 0 Å². The molecular weight excluding hydrogens is 907 g/mol. The molecule has 0 spiro atoms. The Morgan fingerprint density at radius 2 is 1.08 bits per heavy atom. The summed E-state index contributed by atoms with van der Waals surface area (Å²) in [6.07, 6.45) is 37.9. The van der Waals surface area contributed by atoms with Gasteiger partial charge in [-0.15, -0.1) is 0 Å². The molecule has 422 valence electrons. The second-order valence-corrected chi connectivity index (χ2v) is 22.1. The van der Waals surface area contributed by atoms with E-state index in [0.717, 1.165) is 109 Å². The van der Waals surface area contributed by atoms with Crippen molar-refractivity contribution in [3.63, 3.8) is 0 Å². The highest BCUT2D eigenvalue weighted by molar-refractivity contribution is 5.94. The van der Waals surface area contributed by atoms with Crippen molar-refractivity contribution in [3.8, 4) is 0 Å². The van der Waals surface area contributed by atoms with Gasteiger partial charge in [-0.05, 0) is 97.6 Å². The first-order valence-corrected chi connectivity index (χ1v) is 30.3. The SMILES string of the molecule is CCCCCCCCC(CCCCCCCC)OC(=O)CCCCCCCOC(=O)[C@@H]1C[C@H](OC(=O)CC(=O)NCCNC)CN1CCCCCCC(C)(C)C(=O)OCCCC(CCCCC)CCCCC. The summed E-state index contributed by atoms with van der Waals surface area (Å²) >= 11 is 0. The molecule has 1 rings (SSSR count). The molecule has 0 unspecified atom stereocenters. The van der Waals surface area contributed by atoms with Crippen LogP contribution in [0.4, 0.5) is 0 Å². The van der Waals surface area contributed by atoms with E-state index in [1.165, 1.54) is 116 Å². The van der Waals surface area contributed by atoms with Crippen LogP contribution in [0.25, 0.3) is 0 Å². The van der Waals surface area contributed by atoms with E-state index < -0.39 is 23.5 Å². The average Bonchev–Trinajstić information content (AvgIpc) is 3.75. The van der Waals surface area contributed by atoms with Crippen LogP contribution in [0, 0.1) is 11.3 Å². The minimum Gasteiger partial charge on any atom is -0.465 e. The lowest BCUT2D eigenvalue weighted by atomic mass is 9.87. The fraction of sp³-hybridized carbons (Fsp3) is 0.917.